The lowest BCUT2D eigenvalue weighted by Gasteiger charge is -2.20. The Morgan fingerprint density at radius 1 is 1.50 bits per heavy atom. The van der Waals surface area contributed by atoms with Gasteiger partial charge in [-0.2, -0.15) is 0 Å². The maximum absolute atomic E-state index is 5.97. The molecule has 0 saturated carbocycles. The third kappa shape index (κ3) is 3.52. The number of nitrogen functional groups attached to an aromatic ring is 1. The summed E-state index contributed by atoms with van der Waals surface area (Å²) in [5.41, 5.74) is 6.62. The minimum absolute atomic E-state index is 0.0708. The molecule has 1 aromatic heterocycles. The number of aromatic nitrogens is 1. The summed E-state index contributed by atoms with van der Waals surface area (Å²) in [6.45, 7) is 7.01. The molecular weight excluding hydrogens is 198 g/mol. The van der Waals surface area contributed by atoms with Gasteiger partial charge >= 0.3 is 0 Å². The molecule has 0 aromatic carbocycles. The highest BCUT2D eigenvalue weighted by Gasteiger charge is 2.10. The van der Waals surface area contributed by atoms with Crippen LogP contribution in [0.5, 0.6) is 0 Å². The predicted octanol–water partition coefficient (Wildman–Crippen LogP) is 2.21. The van der Waals surface area contributed by atoms with E-state index in [9.17, 15) is 0 Å². The average molecular weight is 214 g/mol. The zero-order valence-electron chi connectivity index (χ0n) is 8.76. The molecule has 3 N–H and O–H groups in total. The third-order valence-electron chi connectivity index (χ3n) is 1.77. The molecule has 1 heterocycles. The van der Waals surface area contributed by atoms with Crippen molar-refractivity contribution in [2.24, 2.45) is 0 Å². The van der Waals surface area contributed by atoms with Crippen LogP contribution >= 0.6 is 11.6 Å². The second kappa shape index (κ2) is 4.15. The topological polar surface area (TPSA) is 50.9 Å². The van der Waals surface area contributed by atoms with Crippen molar-refractivity contribution >= 4 is 17.4 Å². The summed E-state index contributed by atoms with van der Waals surface area (Å²) >= 11 is 5.97. The van der Waals surface area contributed by atoms with E-state index < -0.39 is 0 Å². The number of hydrogen-bond acceptors (Lipinski definition) is 3. The first-order chi connectivity index (χ1) is 6.38. The Labute approximate surface area is 89.7 Å². The van der Waals surface area contributed by atoms with E-state index in [1.165, 1.54) is 0 Å². The normalized spacial score (nSPS) is 11.7. The molecule has 0 aliphatic heterocycles. The summed E-state index contributed by atoms with van der Waals surface area (Å²) in [7, 11) is 0. The maximum atomic E-state index is 5.97. The van der Waals surface area contributed by atoms with Crippen molar-refractivity contribution in [3.05, 3.63) is 22.8 Å². The smallest absolute Gasteiger partial charge is 0.123 e. The molecule has 0 spiro atoms. The van der Waals surface area contributed by atoms with Crippen LogP contribution < -0.4 is 11.1 Å². The molecule has 3 nitrogen and oxygen atoms in total. The first-order valence-electron chi connectivity index (χ1n) is 4.53. The van der Waals surface area contributed by atoms with Gasteiger partial charge in [-0.3, -0.25) is 0 Å². The van der Waals surface area contributed by atoms with E-state index in [2.05, 4.69) is 31.1 Å². The van der Waals surface area contributed by atoms with Gasteiger partial charge in [-0.25, -0.2) is 4.98 Å². The number of nitrogens with two attached hydrogens (primary N) is 1. The van der Waals surface area contributed by atoms with Crippen LogP contribution in [0.1, 0.15) is 26.3 Å². The van der Waals surface area contributed by atoms with Crippen molar-refractivity contribution in [2.45, 2.75) is 32.9 Å². The molecule has 78 valence electrons. The van der Waals surface area contributed by atoms with Gasteiger partial charge in [-0.1, -0.05) is 11.6 Å². The molecule has 0 unspecified atom stereocenters. The van der Waals surface area contributed by atoms with Crippen LogP contribution in [-0.4, -0.2) is 10.5 Å². The van der Waals surface area contributed by atoms with Gasteiger partial charge in [0.1, 0.15) is 5.82 Å². The van der Waals surface area contributed by atoms with E-state index in [0.29, 0.717) is 17.4 Å². The molecule has 0 radical (unpaired) electrons. The number of nitrogens with zero attached hydrogens (tertiary/aromatic N) is 1. The summed E-state index contributed by atoms with van der Waals surface area (Å²) in [5, 5.41) is 3.99. The van der Waals surface area contributed by atoms with Gasteiger partial charge in [-0.05, 0) is 32.4 Å². The fraction of sp³-hybridized carbons (Fsp3) is 0.500. The lowest BCUT2D eigenvalue weighted by atomic mass is 10.1. The van der Waals surface area contributed by atoms with Crippen LogP contribution in [-0.2, 0) is 6.54 Å². The summed E-state index contributed by atoms with van der Waals surface area (Å²) in [6.07, 6.45) is 1.58. The Morgan fingerprint density at radius 3 is 2.71 bits per heavy atom. The van der Waals surface area contributed by atoms with Gasteiger partial charge in [-0.15, -0.1) is 0 Å². The highest BCUT2D eigenvalue weighted by molar-refractivity contribution is 6.31. The molecule has 4 heteroatoms. The van der Waals surface area contributed by atoms with Crippen LogP contribution in [0.3, 0.4) is 0 Å². The molecule has 0 saturated heterocycles. The number of nitrogens with one attached hydrogen (secondary N) is 1. The van der Waals surface area contributed by atoms with Gasteiger partial charge in [0.25, 0.3) is 0 Å². The van der Waals surface area contributed by atoms with Crippen molar-refractivity contribution in [3.63, 3.8) is 0 Å². The Hall–Kier alpha value is -0.800. The van der Waals surface area contributed by atoms with Crippen LogP contribution in [0.25, 0.3) is 0 Å². The van der Waals surface area contributed by atoms with Crippen LogP contribution in [0, 0.1) is 0 Å². The fourth-order valence-corrected chi connectivity index (χ4v) is 1.16. The molecule has 0 bridgehead atoms. The molecule has 14 heavy (non-hydrogen) atoms. The van der Waals surface area contributed by atoms with Gasteiger partial charge in [0.05, 0.1) is 5.02 Å². The summed E-state index contributed by atoms with van der Waals surface area (Å²) in [5.74, 6) is 0.500. The summed E-state index contributed by atoms with van der Waals surface area (Å²) in [6, 6.07) is 1.79. The molecule has 1 rings (SSSR count). The van der Waals surface area contributed by atoms with Crippen LogP contribution in [0.15, 0.2) is 12.3 Å². The molecule has 0 aliphatic carbocycles. The number of rotatable bonds is 2. The van der Waals surface area contributed by atoms with E-state index in [1.54, 1.807) is 12.3 Å². The van der Waals surface area contributed by atoms with E-state index in [-0.39, 0.29) is 5.54 Å². The fourth-order valence-electron chi connectivity index (χ4n) is 0.995. The second-order valence-corrected chi connectivity index (χ2v) is 4.71. The zero-order valence-corrected chi connectivity index (χ0v) is 9.52. The Bertz CT molecular complexity index is 318. The SMILES string of the molecule is CC(C)(C)NCc1cc(N)ncc1Cl. The summed E-state index contributed by atoms with van der Waals surface area (Å²) < 4.78 is 0. The van der Waals surface area contributed by atoms with E-state index in [4.69, 9.17) is 17.3 Å². The zero-order chi connectivity index (χ0) is 10.8. The van der Waals surface area contributed by atoms with E-state index in [1.807, 2.05) is 0 Å². The lowest BCUT2D eigenvalue weighted by molar-refractivity contribution is 0.424. The Balaban J connectivity index is 2.72. The number of anilines is 1. The second-order valence-electron chi connectivity index (χ2n) is 4.30. The molecule has 0 fully saturated rings. The van der Waals surface area contributed by atoms with Crippen molar-refractivity contribution in [1.82, 2.24) is 10.3 Å². The third-order valence-corrected chi connectivity index (χ3v) is 2.11. The molecule has 1 aromatic rings. The van der Waals surface area contributed by atoms with Crippen LogP contribution in [0.2, 0.25) is 5.02 Å². The van der Waals surface area contributed by atoms with Gasteiger partial charge in [0.2, 0.25) is 0 Å². The average Bonchev–Trinajstić information content (AvgIpc) is 2.05. The first kappa shape index (κ1) is 11.3. The van der Waals surface area contributed by atoms with Gasteiger partial charge < -0.3 is 11.1 Å². The van der Waals surface area contributed by atoms with E-state index >= 15 is 0 Å². The van der Waals surface area contributed by atoms with Crippen LogP contribution in [0.4, 0.5) is 5.82 Å². The monoisotopic (exact) mass is 213 g/mol. The standard InChI is InChI=1S/C10H16ClN3/c1-10(2,3)14-5-7-4-9(12)13-6-8(7)11/h4,6,14H,5H2,1-3H3,(H2,12,13). The highest BCUT2D eigenvalue weighted by Crippen LogP contribution is 2.17. The Morgan fingerprint density at radius 2 is 2.14 bits per heavy atom. The number of hydrogen-bond donors (Lipinski definition) is 2. The van der Waals surface area contributed by atoms with Crippen molar-refractivity contribution in [2.75, 3.05) is 5.73 Å². The van der Waals surface area contributed by atoms with Crippen molar-refractivity contribution in [1.29, 1.82) is 0 Å². The predicted molar refractivity (Wildman–Crippen MR) is 60.3 cm³/mol. The van der Waals surface area contributed by atoms with Gasteiger partial charge in [0, 0.05) is 18.3 Å². The minimum Gasteiger partial charge on any atom is -0.384 e. The summed E-state index contributed by atoms with van der Waals surface area (Å²) in [4.78, 5) is 3.90. The largest absolute Gasteiger partial charge is 0.384 e. The molecule has 0 aliphatic rings. The molecular formula is C10H16ClN3. The van der Waals surface area contributed by atoms with Gasteiger partial charge in [0.15, 0.2) is 0 Å². The Kier molecular flexibility index (Phi) is 3.34. The quantitative estimate of drug-likeness (QED) is 0.792. The number of halogens is 1. The van der Waals surface area contributed by atoms with Crippen molar-refractivity contribution < 1.29 is 0 Å². The minimum atomic E-state index is 0.0708. The lowest BCUT2D eigenvalue weighted by Crippen LogP contribution is -2.35. The number of pyridine rings is 1. The first-order valence-corrected chi connectivity index (χ1v) is 4.91. The highest BCUT2D eigenvalue weighted by atomic mass is 35.5. The maximum Gasteiger partial charge on any atom is 0.123 e. The van der Waals surface area contributed by atoms with E-state index in [0.717, 1.165) is 5.56 Å². The molecule has 0 atom stereocenters. The molecule has 0 amide bonds. The van der Waals surface area contributed by atoms with Crippen molar-refractivity contribution in [3.8, 4) is 0 Å².